The number of carbonyl (C=O) groups excluding carboxylic acids is 1. The molecule has 0 N–H and O–H groups in total. The molecule has 148 valence electrons. The Morgan fingerprint density at radius 3 is 1.68 bits per heavy atom. The lowest BCUT2D eigenvalue weighted by Gasteiger charge is -2.20. The van der Waals surface area contributed by atoms with Gasteiger partial charge in [-0.25, -0.2) is 0 Å². The summed E-state index contributed by atoms with van der Waals surface area (Å²) in [5.41, 5.74) is 6.79. The van der Waals surface area contributed by atoms with Crippen molar-refractivity contribution in [2.45, 2.75) is 0 Å². The molecule has 0 bridgehead atoms. The van der Waals surface area contributed by atoms with Gasteiger partial charge in [-0.15, -0.1) is 0 Å². The van der Waals surface area contributed by atoms with Crippen molar-refractivity contribution in [3.63, 3.8) is 0 Å². The molecule has 0 aromatic heterocycles. The van der Waals surface area contributed by atoms with E-state index >= 15 is 0 Å². The fraction of sp³-hybridized carbons (Fsp3) is 0. The molecular formula is C29H21NO. The summed E-state index contributed by atoms with van der Waals surface area (Å²) >= 11 is 0. The van der Waals surface area contributed by atoms with Crippen molar-refractivity contribution in [3.8, 4) is 11.1 Å². The Morgan fingerprint density at radius 2 is 1.06 bits per heavy atom. The SMILES string of the molecule is O=C1/C(=C\c2ccc(-c3ccccc3)cc2)C=C(c2ccccc2)N1c1ccccc1. The zero-order valence-electron chi connectivity index (χ0n) is 17.0. The third-order valence-electron chi connectivity index (χ3n) is 5.41. The summed E-state index contributed by atoms with van der Waals surface area (Å²) in [5, 5.41) is 0. The lowest BCUT2D eigenvalue weighted by Crippen LogP contribution is -2.24. The third kappa shape index (κ3) is 3.84. The van der Waals surface area contributed by atoms with Crippen molar-refractivity contribution < 1.29 is 4.79 Å². The number of carbonyl (C=O) groups is 1. The molecule has 1 heterocycles. The van der Waals surface area contributed by atoms with Gasteiger partial charge in [-0.3, -0.25) is 9.69 Å². The zero-order chi connectivity index (χ0) is 21.0. The molecule has 2 heteroatoms. The number of amides is 1. The fourth-order valence-corrected chi connectivity index (χ4v) is 3.85. The Morgan fingerprint density at radius 1 is 0.548 bits per heavy atom. The van der Waals surface area contributed by atoms with Gasteiger partial charge in [-0.05, 0) is 46.5 Å². The minimum atomic E-state index is -0.0165. The van der Waals surface area contributed by atoms with Crippen LogP contribution in [-0.2, 0) is 4.79 Å². The van der Waals surface area contributed by atoms with E-state index in [9.17, 15) is 4.79 Å². The number of hydrogen-bond donors (Lipinski definition) is 0. The summed E-state index contributed by atoms with van der Waals surface area (Å²) in [6, 6.07) is 38.4. The van der Waals surface area contributed by atoms with Gasteiger partial charge in [0.15, 0.2) is 0 Å². The molecule has 0 saturated carbocycles. The second-order valence-corrected chi connectivity index (χ2v) is 7.46. The van der Waals surface area contributed by atoms with Gasteiger partial charge in [-0.1, -0.05) is 103 Å². The van der Waals surface area contributed by atoms with E-state index < -0.39 is 0 Å². The van der Waals surface area contributed by atoms with Gasteiger partial charge in [0.25, 0.3) is 5.91 Å². The van der Waals surface area contributed by atoms with Crippen LogP contribution in [0, 0.1) is 0 Å². The van der Waals surface area contributed by atoms with Crippen molar-refractivity contribution in [1.82, 2.24) is 0 Å². The molecule has 5 rings (SSSR count). The van der Waals surface area contributed by atoms with Gasteiger partial charge in [-0.2, -0.15) is 0 Å². The first-order chi connectivity index (χ1) is 15.3. The Kier molecular flexibility index (Phi) is 5.04. The minimum absolute atomic E-state index is 0.0165. The second-order valence-electron chi connectivity index (χ2n) is 7.46. The summed E-state index contributed by atoms with van der Waals surface area (Å²) in [6.07, 6.45) is 3.94. The van der Waals surface area contributed by atoms with E-state index in [-0.39, 0.29) is 5.91 Å². The molecule has 1 aliphatic rings. The summed E-state index contributed by atoms with van der Waals surface area (Å²) in [6.45, 7) is 0. The predicted octanol–water partition coefficient (Wildman–Crippen LogP) is 6.82. The van der Waals surface area contributed by atoms with Crippen LogP contribution in [0.15, 0.2) is 127 Å². The summed E-state index contributed by atoms with van der Waals surface area (Å²) < 4.78 is 0. The van der Waals surface area contributed by atoms with E-state index in [2.05, 4.69) is 36.4 Å². The summed E-state index contributed by atoms with van der Waals surface area (Å²) in [5.74, 6) is -0.0165. The highest BCUT2D eigenvalue weighted by molar-refractivity contribution is 6.23. The van der Waals surface area contributed by atoms with Crippen LogP contribution in [0.5, 0.6) is 0 Å². The number of rotatable bonds is 4. The highest BCUT2D eigenvalue weighted by atomic mass is 16.2. The standard InChI is InChI=1S/C29H21NO/c31-29-26(20-22-16-18-24(19-17-22)23-10-4-1-5-11-23)21-28(25-12-6-2-7-13-25)30(29)27-14-8-3-9-15-27/h1-21H/b26-20-. The van der Waals surface area contributed by atoms with Crippen LogP contribution in [-0.4, -0.2) is 5.91 Å². The first-order valence-electron chi connectivity index (χ1n) is 10.3. The van der Waals surface area contributed by atoms with Crippen molar-refractivity contribution in [3.05, 3.63) is 138 Å². The number of para-hydroxylation sites is 1. The monoisotopic (exact) mass is 399 g/mol. The van der Waals surface area contributed by atoms with E-state index in [1.807, 2.05) is 91.0 Å². The molecular weight excluding hydrogens is 378 g/mol. The topological polar surface area (TPSA) is 20.3 Å². The van der Waals surface area contributed by atoms with Crippen LogP contribution in [0.4, 0.5) is 5.69 Å². The molecule has 31 heavy (non-hydrogen) atoms. The van der Waals surface area contributed by atoms with Crippen LogP contribution < -0.4 is 4.90 Å². The molecule has 2 nitrogen and oxygen atoms in total. The van der Waals surface area contributed by atoms with Gasteiger partial charge in [0.2, 0.25) is 0 Å². The molecule has 0 spiro atoms. The van der Waals surface area contributed by atoms with Crippen LogP contribution in [0.25, 0.3) is 22.9 Å². The van der Waals surface area contributed by atoms with E-state index in [1.165, 1.54) is 5.56 Å². The van der Waals surface area contributed by atoms with Crippen molar-refractivity contribution in [1.29, 1.82) is 0 Å². The van der Waals surface area contributed by atoms with Gasteiger partial charge in [0, 0.05) is 11.3 Å². The first-order valence-corrected chi connectivity index (χ1v) is 10.3. The molecule has 0 radical (unpaired) electrons. The zero-order valence-corrected chi connectivity index (χ0v) is 17.0. The van der Waals surface area contributed by atoms with Crippen molar-refractivity contribution >= 4 is 23.4 Å². The van der Waals surface area contributed by atoms with E-state index in [0.29, 0.717) is 5.57 Å². The molecule has 0 fully saturated rings. The predicted molar refractivity (Wildman–Crippen MR) is 128 cm³/mol. The highest BCUT2D eigenvalue weighted by Crippen LogP contribution is 2.35. The van der Waals surface area contributed by atoms with E-state index in [4.69, 9.17) is 0 Å². The third-order valence-corrected chi connectivity index (χ3v) is 5.41. The van der Waals surface area contributed by atoms with Crippen LogP contribution >= 0.6 is 0 Å². The van der Waals surface area contributed by atoms with Gasteiger partial charge < -0.3 is 0 Å². The summed E-state index contributed by atoms with van der Waals surface area (Å²) in [4.78, 5) is 15.2. The van der Waals surface area contributed by atoms with E-state index in [0.717, 1.165) is 28.1 Å². The van der Waals surface area contributed by atoms with Crippen LogP contribution in [0.3, 0.4) is 0 Å². The maximum Gasteiger partial charge on any atom is 0.262 e. The second kappa shape index (κ2) is 8.29. The molecule has 1 amide bonds. The highest BCUT2D eigenvalue weighted by Gasteiger charge is 2.30. The Labute approximate surface area is 182 Å². The molecule has 0 unspecified atom stereocenters. The number of anilines is 1. The minimum Gasteiger partial charge on any atom is -0.276 e. The average molecular weight is 399 g/mol. The number of benzene rings is 4. The van der Waals surface area contributed by atoms with E-state index in [1.54, 1.807) is 4.90 Å². The molecule has 0 saturated heterocycles. The summed E-state index contributed by atoms with van der Waals surface area (Å²) in [7, 11) is 0. The number of nitrogens with zero attached hydrogens (tertiary/aromatic N) is 1. The first kappa shape index (κ1) is 18.8. The van der Waals surface area contributed by atoms with Gasteiger partial charge >= 0.3 is 0 Å². The Hall–Kier alpha value is -4.17. The lowest BCUT2D eigenvalue weighted by molar-refractivity contribution is -0.113. The largest absolute Gasteiger partial charge is 0.276 e. The molecule has 4 aromatic rings. The lowest BCUT2D eigenvalue weighted by atomic mass is 10.0. The van der Waals surface area contributed by atoms with Crippen molar-refractivity contribution in [2.24, 2.45) is 0 Å². The maximum atomic E-state index is 13.4. The molecule has 0 aliphatic carbocycles. The quantitative estimate of drug-likeness (QED) is 0.345. The van der Waals surface area contributed by atoms with Gasteiger partial charge in [0.05, 0.1) is 5.70 Å². The van der Waals surface area contributed by atoms with Gasteiger partial charge in [0.1, 0.15) is 0 Å². The molecule has 4 aromatic carbocycles. The molecule has 1 aliphatic heterocycles. The van der Waals surface area contributed by atoms with Crippen molar-refractivity contribution in [2.75, 3.05) is 4.90 Å². The maximum absolute atomic E-state index is 13.4. The molecule has 0 atom stereocenters. The average Bonchev–Trinajstić information content (AvgIpc) is 3.17. The smallest absolute Gasteiger partial charge is 0.262 e. The normalized spacial score (nSPS) is 14.7. The Bertz CT molecular complexity index is 1250. The Balaban J connectivity index is 1.52. The van der Waals surface area contributed by atoms with Crippen LogP contribution in [0.1, 0.15) is 11.1 Å². The van der Waals surface area contributed by atoms with Crippen LogP contribution in [0.2, 0.25) is 0 Å². The fourth-order valence-electron chi connectivity index (χ4n) is 3.85. The number of hydrogen-bond acceptors (Lipinski definition) is 1.